The van der Waals surface area contributed by atoms with Crippen molar-refractivity contribution >= 4 is 38.3 Å². The Bertz CT molecular complexity index is 706. The first-order valence-corrected chi connectivity index (χ1v) is 10.1. The van der Waals surface area contributed by atoms with E-state index in [1.807, 2.05) is 12.1 Å². The van der Waals surface area contributed by atoms with E-state index in [9.17, 15) is 0 Å². The molecule has 2 fully saturated rings. The number of fused-ring (bicyclic) bond motifs is 1. The Kier molecular flexibility index (Phi) is 4.83. The SMILES string of the molecule is COc1ccc(Cl)c2sc(N3CCN(C4CCCCC4)CC3)nc12. The lowest BCUT2D eigenvalue weighted by Gasteiger charge is -2.40. The lowest BCUT2D eigenvalue weighted by molar-refractivity contribution is 0.148. The fraction of sp³-hybridized carbons (Fsp3) is 0.611. The smallest absolute Gasteiger partial charge is 0.186 e. The average Bonchev–Trinajstić information content (AvgIpc) is 3.09. The van der Waals surface area contributed by atoms with Crippen LogP contribution in [-0.2, 0) is 0 Å². The molecule has 0 unspecified atom stereocenters. The highest BCUT2D eigenvalue weighted by Crippen LogP contribution is 2.39. The number of aromatic nitrogens is 1. The van der Waals surface area contributed by atoms with E-state index in [1.54, 1.807) is 18.4 Å². The van der Waals surface area contributed by atoms with E-state index in [-0.39, 0.29) is 0 Å². The third-order valence-electron chi connectivity index (χ3n) is 5.34. The molecule has 1 aliphatic carbocycles. The molecule has 130 valence electrons. The van der Waals surface area contributed by atoms with E-state index in [4.69, 9.17) is 21.3 Å². The number of hydrogen-bond acceptors (Lipinski definition) is 5. The molecular formula is C18H24ClN3OS. The molecule has 0 atom stereocenters. The molecule has 0 amide bonds. The molecule has 0 spiro atoms. The van der Waals surface area contributed by atoms with Crippen LogP contribution in [0.4, 0.5) is 5.13 Å². The zero-order valence-corrected chi connectivity index (χ0v) is 15.7. The van der Waals surface area contributed by atoms with Crippen LogP contribution in [0.5, 0.6) is 5.75 Å². The summed E-state index contributed by atoms with van der Waals surface area (Å²) in [6.45, 7) is 4.39. The van der Waals surface area contributed by atoms with Gasteiger partial charge in [0.2, 0.25) is 0 Å². The van der Waals surface area contributed by atoms with Gasteiger partial charge in [-0.25, -0.2) is 4.98 Å². The Morgan fingerprint density at radius 1 is 1.12 bits per heavy atom. The maximum Gasteiger partial charge on any atom is 0.186 e. The third kappa shape index (κ3) is 3.09. The van der Waals surface area contributed by atoms with Crippen molar-refractivity contribution in [1.29, 1.82) is 0 Å². The number of hydrogen-bond donors (Lipinski definition) is 0. The van der Waals surface area contributed by atoms with Gasteiger partial charge in [0.15, 0.2) is 5.13 Å². The standard InChI is InChI=1S/C18H24ClN3OS/c1-23-15-8-7-14(19)17-16(15)20-18(24-17)22-11-9-21(10-12-22)13-5-3-2-4-6-13/h7-8,13H,2-6,9-12H2,1H3. The highest BCUT2D eigenvalue weighted by atomic mass is 35.5. The second-order valence-electron chi connectivity index (χ2n) is 6.74. The van der Waals surface area contributed by atoms with Crippen LogP contribution in [0, 0.1) is 0 Å². The Hall–Kier alpha value is -1.04. The van der Waals surface area contributed by atoms with Crippen molar-refractivity contribution in [3.8, 4) is 5.75 Å². The van der Waals surface area contributed by atoms with Gasteiger partial charge >= 0.3 is 0 Å². The summed E-state index contributed by atoms with van der Waals surface area (Å²) < 4.78 is 6.47. The van der Waals surface area contributed by atoms with Crippen molar-refractivity contribution in [3.63, 3.8) is 0 Å². The van der Waals surface area contributed by atoms with Crippen molar-refractivity contribution < 1.29 is 4.74 Å². The number of halogens is 1. The number of methoxy groups -OCH3 is 1. The number of piperazine rings is 1. The van der Waals surface area contributed by atoms with E-state index in [2.05, 4.69) is 9.80 Å². The van der Waals surface area contributed by atoms with Crippen molar-refractivity contribution in [2.75, 3.05) is 38.2 Å². The third-order valence-corrected chi connectivity index (χ3v) is 6.92. The van der Waals surface area contributed by atoms with Crippen LogP contribution in [0.2, 0.25) is 5.02 Å². The quantitative estimate of drug-likeness (QED) is 0.805. The fourth-order valence-corrected chi connectivity index (χ4v) is 5.27. The summed E-state index contributed by atoms with van der Waals surface area (Å²) in [5.74, 6) is 0.803. The number of benzene rings is 1. The molecule has 0 bridgehead atoms. The molecule has 2 heterocycles. The van der Waals surface area contributed by atoms with E-state index in [0.717, 1.165) is 58.3 Å². The van der Waals surface area contributed by atoms with Gasteiger partial charge in [-0.1, -0.05) is 42.2 Å². The van der Waals surface area contributed by atoms with Gasteiger partial charge in [0.25, 0.3) is 0 Å². The summed E-state index contributed by atoms with van der Waals surface area (Å²) >= 11 is 8.03. The highest BCUT2D eigenvalue weighted by Gasteiger charge is 2.26. The van der Waals surface area contributed by atoms with Crippen LogP contribution in [0.15, 0.2) is 12.1 Å². The Labute approximate surface area is 152 Å². The molecule has 1 aromatic carbocycles. The van der Waals surface area contributed by atoms with Crippen LogP contribution in [0.1, 0.15) is 32.1 Å². The first-order chi connectivity index (χ1) is 11.8. The topological polar surface area (TPSA) is 28.6 Å². The van der Waals surface area contributed by atoms with Crippen molar-refractivity contribution in [2.24, 2.45) is 0 Å². The Morgan fingerprint density at radius 2 is 1.88 bits per heavy atom. The summed E-state index contributed by atoms with van der Waals surface area (Å²) in [7, 11) is 1.69. The van der Waals surface area contributed by atoms with Crippen LogP contribution in [0.3, 0.4) is 0 Å². The molecular weight excluding hydrogens is 342 g/mol. The van der Waals surface area contributed by atoms with E-state index < -0.39 is 0 Å². The summed E-state index contributed by atoms with van der Waals surface area (Å²) in [6.07, 6.45) is 6.99. The van der Waals surface area contributed by atoms with E-state index in [1.165, 1.54) is 32.1 Å². The second-order valence-corrected chi connectivity index (χ2v) is 8.12. The van der Waals surface area contributed by atoms with Crippen LogP contribution < -0.4 is 9.64 Å². The number of thiazole rings is 1. The summed E-state index contributed by atoms with van der Waals surface area (Å²) in [6, 6.07) is 4.60. The van der Waals surface area contributed by atoms with Gasteiger partial charge in [-0.3, -0.25) is 4.90 Å². The first kappa shape index (κ1) is 16.4. The monoisotopic (exact) mass is 365 g/mol. The number of ether oxygens (including phenoxy) is 1. The van der Waals surface area contributed by atoms with Gasteiger partial charge in [0, 0.05) is 32.2 Å². The molecule has 1 saturated heterocycles. The minimum Gasteiger partial charge on any atom is -0.494 e. The van der Waals surface area contributed by atoms with Crippen molar-refractivity contribution in [3.05, 3.63) is 17.2 Å². The zero-order chi connectivity index (χ0) is 16.5. The van der Waals surface area contributed by atoms with Gasteiger partial charge < -0.3 is 9.64 Å². The average molecular weight is 366 g/mol. The van der Waals surface area contributed by atoms with Gasteiger partial charge in [-0.15, -0.1) is 0 Å². The Morgan fingerprint density at radius 3 is 2.58 bits per heavy atom. The molecule has 0 radical (unpaired) electrons. The van der Waals surface area contributed by atoms with Crippen molar-refractivity contribution in [1.82, 2.24) is 9.88 Å². The minimum absolute atomic E-state index is 0.760. The Balaban J connectivity index is 1.49. The first-order valence-electron chi connectivity index (χ1n) is 8.88. The fourth-order valence-electron chi connectivity index (χ4n) is 3.97. The van der Waals surface area contributed by atoms with E-state index >= 15 is 0 Å². The lowest BCUT2D eigenvalue weighted by atomic mass is 9.94. The molecule has 0 N–H and O–H groups in total. The lowest BCUT2D eigenvalue weighted by Crippen LogP contribution is -2.50. The number of nitrogens with zero attached hydrogens (tertiary/aromatic N) is 3. The number of rotatable bonds is 3. The molecule has 6 heteroatoms. The van der Waals surface area contributed by atoms with Crippen LogP contribution in [-0.4, -0.2) is 49.2 Å². The molecule has 4 rings (SSSR count). The zero-order valence-electron chi connectivity index (χ0n) is 14.1. The molecule has 24 heavy (non-hydrogen) atoms. The van der Waals surface area contributed by atoms with Gasteiger partial charge in [0.05, 0.1) is 16.8 Å². The second kappa shape index (κ2) is 7.06. The van der Waals surface area contributed by atoms with Crippen LogP contribution in [0.25, 0.3) is 10.2 Å². The molecule has 1 aliphatic heterocycles. The molecule has 1 aromatic heterocycles. The molecule has 2 aromatic rings. The maximum absolute atomic E-state index is 6.35. The largest absolute Gasteiger partial charge is 0.494 e. The summed E-state index contributed by atoms with van der Waals surface area (Å²) in [5.41, 5.74) is 0.889. The highest BCUT2D eigenvalue weighted by molar-refractivity contribution is 7.22. The minimum atomic E-state index is 0.760. The maximum atomic E-state index is 6.35. The van der Waals surface area contributed by atoms with Crippen LogP contribution >= 0.6 is 22.9 Å². The number of anilines is 1. The molecule has 4 nitrogen and oxygen atoms in total. The molecule has 1 saturated carbocycles. The summed E-state index contributed by atoms with van der Waals surface area (Å²) in [4.78, 5) is 9.92. The van der Waals surface area contributed by atoms with Gasteiger partial charge in [0.1, 0.15) is 11.3 Å². The predicted molar refractivity (Wildman–Crippen MR) is 102 cm³/mol. The van der Waals surface area contributed by atoms with Gasteiger partial charge in [-0.2, -0.15) is 0 Å². The van der Waals surface area contributed by atoms with E-state index in [0.29, 0.717) is 0 Å². The van der Waals surface area contributed by atoms with Gasteiger partial charge in [-0.05, 0) is 25.0 Å². The van der Waals surface area contributed by atoms with Crippen molar-refractivity contribution in [2.45, 2.75) is 38.1 Å². The normalized spacial score (nSPS) is 20.7. The summed E-state index contributed by atoms with van der Waals surface area (Å²) in [5, 5.41) is 1.83. The predicted octanol–water partition coefficient (Wildman–Crippen LogP) is 4.41. The molecule has 2 aliphatic rings.